The largest absolute Gasteiger partial charge is 0.474 e. The summed E-state index contributed by atoms with van der Waals surface area (Å²) in [4.78, 5) is 5.22. The van der Waals surface area contributed by atoms with Crippen molar-refractivity contribution in [2.75, 3.05) is 4.92 Å². The van der Waals surface area contributed by atoms with Gasteiger partial charge in [0.1, 0.15) is 11.0 Å². The molecule has 0 spiro atoms. The van der Waals surface area contributed by atoms with Crippen molar-refractivity contribution in [2.45, 2.75) is 0 Å². The van der Waals surface area contributed by atoms with Gasteiger partial charge in [0.25, 0.3) is 0 Å². The highest BCUT2D eigenvalue weighted by Gasteiger charge is 2.32. The van der Waals surface area contributed by atoms with Gasteiger partial charge < -0.3 is 5.02 Å². The molecular weight excluding hydrogens is 267 g/mol. The van der Waals surface area contributed by atoms with E-state index in [1.807, 2.05) is 0 Å². The molecule has 0 saturated heterocycles. The zero-order valence-electron chi connectivity index (χ0n) is 9.66. The third-order valence-electron chi connectivity index (χ3n) is 2.86. The second kappa shape index (κ2) is 4.64. The highest BCUT2D eigenvalue weighted by atomic mass is 35.5. The van der Waals surface area contributed by atoms with Crippen molar-refractivity contribution < 1.29 is 9.41 Å². The number of hydrogen-bond acceptors (Lipinski definition) is 4. The first-order valence-corrected chi connectivity index (χ1v) is 5.96. The molecule has 0 amide bonds. The third-order valence-corrected chi connectivity index (χ3v) is 3.16. The van der Waals surface area contributed by atoms with E-state index in [0.29, 0.717) is 16.7 Å². The van der Waals surface area contributed by atoms with Crippen LogP contribution in [-0.2, 0) is 0 Å². The van der Waals surface area contributed by atoms with E-state index in [1.54, 1.807) is 24.4 Å². The molecule has 1 aliphatic heterocycles. The molecule has 7 heteroatoms. The molecule has 0 unspecified atom stereocenters. The SMILES string of the molecule is OB1c2c(ccnc2Cl)C=NN1c1cccc(F)c1. The van der Waals surface area contributed by atoms with Crippen molar-refractivity contribution >= 4 is 36.0 Å². The fourth-order valence-corrected chi connectivity index (χ4v) is 2.23. The quantitative estimate of drug-likeness (QED) is 0.632. The summed E-state index contributed by atoms with van der Waals surface area (Å²) in [5.41, 5.74) is 1.60. The van der Waals surface area contributed by atoms with Crippen LogP contribution in [0.15, 0.2) is 41.6 Å². The lowest BCUT2D eigenvalue weighted by atomic mass is 9.70. The second-order valence-corrected chi connectivity index (χ2v) is 4.41. The van der Waals surface area contributed by atoms with Crippen molar-refractivity contribution in [2.24, 2.45) is 5.10 Å². The minimum Gasteiger partial charge on any atom is -0.427 e. The molecule has 0 fully saturated rings. The molecule has 0 aliphatic carbocycles. The third kappa shape index (κ3) is 2.09. The number of hydrazone groups is 1. The Labute approximate surface area is 114 Å². The predicted octanol–water partition coefficient (Wildman–Crippen LogP) is 1.42. The van der Waals surface area contributed by atoms with E-state index in [1.165, 1.54) is 23.2 Å². The van der Waals surface area contributed by atoms with Gasteiger partial charge in [-0.1, -0.05) is 17.7 Å². The molecule has 0 saturated carbocycles. The minimum atomic E-state index is -1.09. The summed E-state index contributed by atoms with van der Waals surface area (Å²) in [5, 5.41) is 14.6. The Morgan fingerprint density at radius 3 is 2.95 bits per heavy atom. The van der Waals surface area contributed by atoms with Gasteiger partial charge in [0, 0.05) is 11.7 Å². The van der Waals surface area contributed by atoms with Crippen molar-refractivity contribution in [3.63, 3.8) is 0 Å². The number of nitrogens with zero attached hydrogens (tertiary/aromatic N) is 3. The van der Waals surface area contributed by atoms with E-state index in [9.17, 15) is 9.41 Å². The summed E-state index contributed by atoms with van der Waals surface area (Å²) in [7, 11) is -1.09. The lowest BCUT2D eigenvalue weighted by Crippen LogP contribution is -2.51. The van der Waals surface area contributed by atoms with E-state index in [0.717, 1.165) is 0 Å². The maximum atomic E-state index is 13.2. The predicted molar refractivity (Wildman–Crippen MR) is 73.3 cm³/mol. The Bertz CT molecular complexity index is 667. The lowest BCUT2D eigenvalue weighted by molar-refractivity contribution is 0.577. The van der Waals surface area contributed by atoms with Gasteiger partial charge in [-0.3, -0.25) is 4.92 Å². The van der Waals surface area contributed by atoms with Crippen molar-refractivity contribution in [3.8, 4) is 0 Å². The van der Waals surface area contributed by atoms with Gasteiger partial charge in [-0.05, 0) is 29.8 Å². The van der Waals surface area contributed by atoms with Gasteiger partial charge in [-0.2, -0.15) is 5.10 Å². The van der Waals surface area contributed by atoms with Gasteiger partial charge in [0.2, 0.25) is 0 Å². The molecule has 1 aromatic heterocycles. The van der Waals surface area contributed by atoms with Crippen LogP contribution < -0.4 is 10.4 Å². The monoisotopic (exact) mass is 275 g/mol. The van der Waals surface area contributed by atoms with Gasteiger partial charge in [-0.25, -0.2) is 9.37 Å². The van der Waals surface area contributed by atoms with Crippen LogP contribution in [0, 0.1) is 5.82 Å². The molecular formula is C12H8BClFN3O. The van der Waals surface area contributed by atoms with Crippen LogP contribution in [0.4, 0.5) is 10.1 Å². The molecule has 94 valence electrons. The zero-order chi connectivity index (χ0) is 13.4. The number of halogens is 2. The molecule has 1 N–H and O–H groups in total. The summed E-state index contributed by atoms with van der Waals surface area (Å²) >= 11 is 5.99. The van der Waals surface area contributed by atoms with Crippen molar-refractivity contribution in [3.05, 3.63) is 53.1 Å². The summed E-state index contributed by atoms with van der Waals surface area (Å²) in [6, 6.07) is 7.52. The van der Waals surface area contributed by atoms with Crippen LogP contribution in [0.25, 0.3) is 0 Å². The molecule has 1 aromatic carbocycles. The standard InChI is InChI=1S/C12H8BClFN3O/c14-12-11-8(4-5-16-12)7-17-18(13(11)19)10-3-1-2-9(15)6-10/h1-7,19H. The number of aromatic nitrogens is 1. The van der Waals surface area contributed by atoms with E-state index in [-0.39, 0.29) is 5.15 Å². The summed E-state index contributed by atoms with van der Waals surface area (Å²) < 4.78 is 13.2. The Morgan fingerprint density at radius 1 is 1.32 bits per heavy atom. The number of anilines is 1. The Balaban J connectivity index is 2.07. The van der Waals surface area contributed by atoms with Crippen LogP contribution in [-0.4, -0.2) is 23.3 Å². The number of rotatable bonds is 1. The lowest BCUT2D eigenvalue weighted by Gasteiger charge is -2.26. The van der Waals surface area contributed by atoms with Crippen molar-refractivity contribution in [1.82, 2.24) is 4.98 Å². The van der Waals surface area contributed by atoms with E-state index in [4.69, 9.17) is 11.6 Å². The normalized spacial score (nSPS) is 13.6. The molecule has 19 heavy (non-hydrogen) atoms. The maximum Gasteiger partial charge on any atom is 0.474 e. The van der Waals surface area contributed by atoms with Crippen LogP contribution in [0.3, 0.4) is 0 Å². The zero-order valence-corrected chi connectivity index (χ0v) is 10.4. The minimum absolute atomic E-state index is 0.206. The number of benzene rings is 1. The molecule has 2 heterocycles. The topological polar surface area (TPSA) is 48.7 Å². The fraction of sp³-hybridized carbons (Fsp3) is 0. The maximum absolute atomic E-state index is 13.2. The smallest absolute Gasteiger partial charge is 0.427 e. The Hall–Kier alpha value is -1.92. The van der Waals surface area contributed by atoms with Crippen LogP contribution in [0.2, 0.25) is 5.15 Å². The van der Waals surface area contributed by atoms with Gasteiger partial charge in [-0.15, -0.1) is 0 Å². The van der Waals surface area contributed by atoms with Gasteiger partial charge in [0.15, 0.2) is 0 Å². The van der Waals surface area contributed by atoms with Crippen LogP contribution in [0.5, 0.6) is 0 Å². The molecule has 0 bridgehead atoms. The average Bonchev–Trinajstić information content (AvgIpc) is 2.39. The highest BCUT2D eigenvalue weighted by molar-refractivity contribution is 6.74. The number of hydrogen-bond donors (Lipinski definition) is 1. The second-order valence-electron chi connectivity index (χ2n) is 4.05. The fourth-order valence-electron chi connectivity index (χ4n) is 1.97. The summed E-state index contributed by atoms with van der Waals surface area (Å²) in [6.07, 6.45) is 3.10. The van der Waals surface area contributed by atoms with Crippen LogP contribution >= 0.6 is 11.6 Å². The molecule has 1 aliphatic rings. The summed E-state index contributed by atoms with van der Waals surface area (Å²) in [6.45, 7) is 0. The Morgan fingerprint density at radius 2 is 2.16 bits per heavy atom. The van der Waals surface area contributed by atoms with E-state index >= 15 is 0 Å². The molecule has 3 rings (SSSR count). The molecule has 4 nitrogen and oxygen atoms in total. The molecule has 2 aromatic rings. The van der Waals surface area contributed by atoms with E-state index in [2.05, 4.69) is 10.1 Å². The summed E-state index contributed by atoms with van der Waals surface area (Å²) in [5.74, 6) is -0.400. The number of fused-ring (bicyclic) bond motifs is 1. The first-order valence-electron chi connectivity index (χ1n) is 5.58. The molecule has 0 atom stereocenters. The average molecular weight is 275 g/mol. The van der Waals surface area contributed by atoms with Gasteiger partial charge >= 0.3 is 7.05 Å². The number of pyridine rings is 1. The Kier molecular flexibility index (Phi) is 2.96. The first-order chi connectivity index (χ1) is 9.16. The first kappa shape index (κ1) is 12.1. The van der Waals surface area contributed by atoms with Crippen molar-refractivity contribution in [1.29, 1.82) is 0 Å². The highest BCUT2D eigenvalue weighted by Crippen LogP contribution is 2.20. The van der Waals surface area contributed by atoms with E-state index < -0.39 is 12.9 Å². The molecule has 0 radical (unpaired) electrons. The van der Waals surface area contributed by atoms with Gasteiger partial charge in [0.05, 0.1) is 11.9 Å². The van der Waals surface area contributed by atoms with Crippen LogP contribution in [0.1, 0.15) is 5.56 Å².